The zero-order valence-electron chi connectivity index (χ0n) is 15.2. The van der Waals surface area contributed by atoms with Gasteiger partial charge in [-0.3, -0.25) is 0 Å². The summed E-state index contributed by atoms with van der Waals surface area (Å²) in [5.41, 5.74) is 7.80. The van der Waals surface area contributed by atoms with Crippen LogP contribution in [-0.4, -0.2) is 13.4 Å². The molecule has 8 nitrogen and oxygen atoms in total. The maximum atomic E-state index is 11.4. The monoisotopic (exact) mass is 503 g/mol. The number of nitrogens with two attached hydrogens (primary N) is 2. The Morgan fingerprint density at radius 1 is 1.23 bits per heavy atom. The molecular weight excluding hydrogens is 490 g/mol. The van der Waals surface area contributed by atoms with Crippen LogP contribution in [0.4, 0.5) is 10.8 Å². The number of nitrogens with zero attached hydrogens (tertiary/aromatic N) is 2. The summed E-state index contributed by atoms with van der Waals surface area (Å²) in [6, 6.07) is 15.7. The summed E-state index contributed by atoms with van der Waals surface area (Å²) in [7, 11) is -3.77. The molecule has 0 spiro atoms. The molecule has 5 N–H and O–H groups in total. The normalized spacial score (nSPS) is 15.8. The molecule has 1 unspecified atom stereocenters. The molecule has 0 amide bonds. The fourth-order valence-corrected chi connectivity index (χ4v) is 5.02. The van der Waals surface area contributed by atoms with Crippen molar-refractivity contribution in [3.8, 4) is 11.9 Å². The van der Waals surface area contributed by atoms with Gasteiger partial charge in [-0.25, -0.2) is 13.6 Å². The minimum absolute atomic E-state index is 0.0140. The Balaban J connectivity index is 1.70. The minimum Gasteiger partial charge on any atom is -0.421 e. The van der Waals surface area contributed by atoms with Crippen LogP contribution in [0.5, 0.6) is 5.88 Å². The van der Waals surface area contributed by atoms with Crippen LogP contribution in [0.15, 0.2) is 69.4 Å². The second kappa shape index (κ2) is 7.73. The third-order valence-corrected chi connectivity index (χ3v) is 6.82. The summed E-state index contributed by atoms with van der Waals surface area (Å²) in [6.07, 6.45) is 0. The summed E-state index contributed by atoms with van der Waals surface area (Å²) in [5, 5.41) is 18.4. The van der Waals surface area contributed by atoms with Crippen molar-refractivity contribution in [1.29, 1.82) is 5.26 Å². The molecule has 1 aliphatic rings. The maximum absolute atomic E-state index is 11.4. The van der Waals surface area contributed by atoms with E-state index in [1.807, 2.05) is 24.3 Å². The van der Waals surface area contributed by atoms with Gasteiger partial charge in [0.15, 0.2) is 5.13 Å². The van der Waals surface area contributed by atoms with Crippen LogP contribution in [-0.2, 0) is 10.0 Å². The highest BCUT2D eigenvalue weighted by molar-refractivity contribution is 9.10. The summed E-state index contributed by atoms with van der Waals surface area (Å²) in [6.45, 7) is 0. The van der Waals surface area contributed by atoms with Gasteiger partial charge in [0, 0.05) is 10.2 Å². The fraction of sp³-hybridized carbons (Fsp3) is 0.0526. The summed E-state index contributed by atoms with van der Waals surface area (Å²) in [4.78, 5) is 5.19. The molecule has 1 aromatic heterocycles. The van der Waals surface area contributed by atoms with E-state index in [1.165, 1.54) is 23.5 Å². The van der Waals surface area contributed by atoms with Crippen LogP contribution in [0.1, 0.15) is 16.4 Å². The molecule has 0 radical (unpaired) electrons. The highest BCUT2D eigenvalue weighted by Crippen LogP contribution is 2.46. The van der Waals surface area contributed by atoms with Crippen molar-refractivity contribution in [2.24, 2.45) is 10.9 Å². The smallest absolute Gasteiger partial charge is 0.238 e. The van der Waals surface area contributed by atoms with E-state index in [4.69, 9.17) is 15.6 Å². The van der Waals surface area contributed by atoms with E-state index >= 15 is 0 Å². The van der Waals surface area contributed by atoms with Crippen LogP contribution < -0.4 is 20.9 Å². The fourth-order valence-electron chi connectivity index (χ4n) is 3.03. The zero-order chi connectivity index (χ0) is 21.5. The van der Waals surface area contributed by atoms with E-state index in [0.29, 0.717) is 22.3 Å². The molecule has 4 rings (SSSR count). The van der Waals surface area contributed by atoms with Crippen LogP contribution in [0.25, 0.3) is 0 Å². The first-order valence-corrected chi connectivity index (χ1v) is 11.7. The number of allylic oxidation sites excluding steroid dienone is 1. The van der Waals surface area contributed by atoms with E-state index in [2.05, 4.69) is 32.3 Å². The van der Waals surface area contributed by atoms with Gasteiger partial charge in [-0.15, -0.1) is 0 Å². The average molecular weight is 504 g/mol. The van der Waals surface area contributed by atoms with E-state index < -0.39 is 15.9 Å². The van der Waals surface area contributed by atoms with Gasteiger partial charge in [-0.1, -0.05) is 39.4 Å². The number of ether oxygens (including phenoxy) is 1. The predicted molar refractivity (Wildman–Crippen MR) is 117 cm³/mol. The number of aromatic nitrogens is 1. The average Bonchev–Trinajstić information content (AvgIpc) is 3.08. The van der Waals surface area contributed by atoms with Crippen molar-refractivity contribution in [3.05, 3.63) is 74.9 Å². The summed E-state index contributed by atoms with van der Waals surface area (Å²) >= 11 is 4.78. The Labute approximate surface area is 185 Å². The molecule has 2 aromatic carbocycles. The number of hydrogen-bond donors (Lipinski definition) is 3. The maximum Gasteiger partial charge on any atom is 0.238 e. The van der Waals surface area contributed by atoms with Crippen LogP contribution in [0.3, 0.4) is 0 Å². The number of thiazole rings is 1. The van der Waals surface area contributed by atoms with Crippen molar-refractivity contribution in [2.45, 2.75) is 10.8 Å². The second-order valence-electron chi connectivity index (χ2n) is 6.36. The molecular formula is C19H14BrN5O3S2. The van der Waals surface area contributed by atoms with E-state index in [0.717, 1.165) is 14.9 Å². The first-order chi connectivity index (χ1) is 14.3. The summed E-state index contributed by atoms with van der Waals surface area (Å²) in [5.74, 6) is -0.0662. The Hall–Kier alpha value is -2.91. The first kappa shape index (κ1) is 20.4. The molecule has 0 bridgehead atoms. The molecule has 1 atom stereocenters. The lowest BCUT2D eigenvalue weighted by Gasteiger charge is -2.22. The Morgan fingerprint density at radius 3 is 2.60 bits per heavy atom. The first-order valence-electron chi connectivity index (χ1n) is 8.50. The summed E-state index contributed by atoms with van der Waals surface area (Å²) < 4.78 is 29.3. The lowest BCUT2D eigenvalue weighted by molar-refractivity contribution is 0.383. The molecule has 0 saturated carbocycles. The minimum atomic E-state index is -3.77. The lowest BCUT2D eigenvalue weighted by Crippen LogP contribution is -2.20. The molecule has 11 heteroatoms. The van der Waals surface area contributed by atoms with Crippen LogP contribution in [0.2, 0.25) is 0 Å². The molecule has 3 aromatic rings. The number of sulfonamides is 1. The molecule has 0 fully saturated rings. The van der Waals surface area contributed by atoms with Gasteiger partial charge in [0.1, 0.15) is 11.6 Å². The van der Waals surface area contributed by atoms with Crippen molar-refractivity contribution in [3.63, 3.8) is 0 Å². The Morgan fingerprint density at radius 2 is 1.97 bits per heavy atom. The number of fused-ring (bicyclic) bond motifs is 1. The SMILES string of the molecule is N#CC1=C(N)Oc2nc(Nc3ccc(S(N)(=O)=O)cc3)sc2C1c1cccc(Br)c1. The second-order valence-corrected chi connectivity index (χ2v) is 9.87. The predicted octanol–water partition coefficient (Wildman–Crippen LogP) is 3.51. The van der Waals surface area contributed by atoms with E-state index in [9.17, 15) is 13.7 Å². The van der Waals surface area contributed by atoms with Gasteiger partial charge in [0.25, 0.3) is 0 Å². The number of nitrogens with one attached hydrogen (secondary N) is 1. The number of halogens is 1. The molecule has 0 saturated heterocycles. The van der Waals surface area contributed by atoms with Gasteiger partial charge >= 0.3 is 0 Å². The largest absolute Gasteiger partial charge is 0.421 e. The molecule has 30 heavy (non-hydrogen) atoms. The van der Waals surface area contributed by atoms with Crippen molar-refractivity contribution in [1.82, 2.24) is 4.98 Å². The van der Waals surface area contributed by atoms with E-state index in [-0.39, 0.29) is 10.8 Å². The van der Waals surface area contributed by atoms with Crippen molar-refractivity contribution < 1.29 is 13.2 Å². The Kier molecular flexibility index (Phi) is 5.25. The molecule has 2 heterocycles. The van der Waals surface area contributed by atoms with Crippen LogP contribution >= 0.6 is 27.3 Å². The number of primary sulfonamides is 1. The highest BCUT2D eigenvalue weighted by Gasteiger charge is 2.34. The topological polar surface area (TPSA) is 144 Å². The third kappa shape index (κ3) is 3.90. The molecule has 0 aliphatic carbocycles. The number of anilines is 2. The van der Waals surface area contributed by atoms with Gasteiger partial charge in [0.2, 0.25) is 21.8 Å². The van der Waals surface area contributed by atoms with Gasteiger partial charge < -0.3 is 15.8 Å². The number of rotatable bonds is 4. The van der Waals surface area contributed by atoms with Crippen molar-refractivity contribution >= 4 is 48.1 Å². The highest BCUT2D eigenvalue weighted by atomic mass is 79.9. The number of benzene rings is 2. The number of nitriles is 1. The zero-order valence-corrected chi connectivity index (χ0v) is 18.4. The standard InChI is InChI=1S/C19H14BrN5O3S2/c20-11-3-1-2-10(8-11)15-14(9-21)17(22)28-18-16(15)29-19(25-18)24-12-4-6-13(7-5-12)30(23,26)27/h1-8,15H,22H2,(H,24,25)(H2,23,26,27). The molecule has 152 valence electrons. The Bertz CT molecular complexity index is 1310. The van der Waals surface area contributed by atoms with Crippen molar-refractivity contribution in [2.75, 3.05) is 5.32 Å². The lowest BCUT2D eigenvalue weighted by atomic mass is 9.89. The third-order valence-electron chi connectivity index (χ3n) is 4.38. The quantitative estimate of drug-likeness (QED) is 0.493. The van der Waals surface area contributed by atoms with E-state index in [1.54, 1.807) is 12.1 Å². The van der Waals surface area contributed by atoms with Gasteiger partial charge in [-0.2, -0.15) is 10.2 Å². The van der Waals surface area contributed by atoms with Gasteiger partial charge in [0.05, 0.1) is 15.7 Å². The van der Waals surface area contributed by atoms with Crippen LogP contribution in [0, 0.1) is 11.3 Å². The number of hydrogen-bond acceptors (Lipinski definition) is 8. The molecule has 1 aliphatic heterocycles. The van der Waals surface area contributed by atoms with Gasteiger partial charge in [-0.05, 0) is 42.0 Å².